The summed E-state index contributed by atoms with van der Waals surface area (Å²) in [5.41, 5.74) is 6.77. The van der Waals surface area contributed by atoms with E-state index in [9.17, 15) is 9.18 Å². The first kappa shape index (κ1) is 21.4. The van der Waals surface area contributed by atoms with Crippen molar-refractivity contribution in [1.82, 2.24) is 30.1 Å². The van der Waals surface area contributed by atoms with Gasteiger partial charge >= 0.3 is 0 Å². The maximum absolute atomic E-state index is 14.5. The highest BCUT2D eigenvalue weighted by atomic mass is 19.1. The summed E-state index contributed by atoms with van der Waals surface area (Å²) in [7, 11) is 0. The Labute approximate surface area is 210 Å². The van der Waals surface area contributed by atoms with Crippen LogP contribution < -0.4 is 5.32 Å². The van der Waals surface area contributed by atoms with Gasteiger partial charge in [-0.1, -0.05) is 12.1 Å². The Kier molecular flexibility index (Phi) is 4.81. The van der Waals surface area contributed by atoms with Crippen molar-refractivity contribution in [2.75, 3.05) is 5.32 Å². The van der Waals surface area contributed by atoms with Gasteiger partial charge in [-0.3, -0.25) is 19.9 Å². The third-order valence-electron chi connectivity index (χ3n) is 6.59. The fourth-order valence-electron chi connectivity index (χ4n) is 4.54. The summed E-state index contributed by atoms with van der Waals surface area (Å²) in [4.78, 5) is 29.2. The van der Waals surface area contributed by atoms with Gasteiger partial charge in [-0.05, 0) is 55.3 Å². The Hall–Kier alpha value is -4.92. The summed E-state index contributed by atoms with van der Waals surface area (Å²) in [6.07, 6.45) is 6.89. The molecular formula is C28H20FN7O. The molecule has 0 bridgehead atoms. The minimum Gasteiger partial charge on any atom is -0.353 e. The number of benzene rings is 1. The molecule has 7 rings (SSSR count). The summed E-state index contributed by atoms with van der Waals surface area (Å²) in [5, 5.41) is 11.3. The molecule has 6 aromatic rings. The van der Waals surface area contributed by atoms with Crippen molar-refractivity contribution in [1.29, 1.82) is 0 Å². The number of fused-ring (bicyclic) bond motifs is 2. The Balaban J connectivity index is 1.29. The van der Waals surface area contributed by atoms with Gasteiger partial charge in [0.05, 0.1) is 34.5 Å². The second-order valence-electron chi connectivity index (χ2n) is 9.17. The predicted octanol–water partition coefficient (Wildman–Crippen LogP) is 5.72. The monoisotopic (exact) mass is 489 g/mol. The van der Waals surface area contributed by atoms with E-state index in [1.54, 1.807) is 36.8 Å². The summed E-state index contributed by atoms with van der Waals surface area (Å²) in [6, 6.07) is 16.0. The number of rotatable bonds is 5. The summed E-state index contributed by atoms with van der Waals surface area (Å²) < 4.78 is 14.5. The molecule has 1 saturated carbocycles. The SMILES string of the molecule is O=C(Nc1cncc(-c2ccc3[nH]nc(-c4cc5c(-c6ccccc6F)nccc5[nH]4)c3n2)c1)C1CC1. The zero-order chi connectivity index (χ0) is 24.9. The van der Waals surface area contributed by atoms with Gasteiger partial charge < -0.3 is 10.3 Å². The summed E-state index contributed by atoms with van der Waals surface area (Å²) >= 11 is 0. The van der Waals surface area contributed by atoms with Crippen LogP contribution in [0.4, 0.5) is 10.1 Å². The Morgan fingerprint density at radius 2 is 1.89 bits per heavy atom. The van der Waals surface area contributed by atoms with Crippen LogP contribution in [0.25, 0.3) is 55.8 Å². The highest BCUT2D eigenvalue weighted by Crippen LogP contribution is 2.34. The van der Waals surface area contributed by atoms with Crippen LogP contribution in [0.1, 0.15) is 12.8 Å². The molecule has 0 unspecified atom stereocenters. The number of H-pyrrole nitrogens is 2. The number of pyridine rings is 3. The zero-order valence-electron chi connectivity index (χ0n) is 19.5. The molecule has 9 heteroatoms. The molecular weight excluding hydrogens is 469 g/mol. The van der Waals surface area contributed by atoms with Gasteiger partial charge in [0.15, 0.2) is 0 Å². The molecule has 1 aliphatic rings. The third kappa shape index (κ3) is 3.81. The fraction of sp³-hybridized carbons (Fsp3) is 0.107. The van der Waals surface area contributed by atoms with Crippen LogP contribution in [0.3, 0.4) is 0 Å². The van der Waals surface area contributed by atoms with Gasteiger partial charge in [0.25, 0.3) is 0 Å². The number of carbonyl (C=O) groups is 1. The number of hydrogen-bond donors (Lipinski definition) is 3. The van der Waals surface area contributed by atoms with E-state index in [-0.39, 0.29) is 17.6 Å². The topological polar surface area (TPSA) is 112 Å². The molecule has 0 saturated heterocycles. The van der Waals surface area contributed by atoms with E-state index in [1.165, 1.54) is 6.07 Å². The lowest BCUT2D eigenvalue weighted by atomic mass is 10.1. The molecule has 37 heavy (non-hydrogen) atoms. The van der Waals surface area contributed by atoms with Gasteiger partial charge in [0.1, 0.15) is 17.0 Å². The van der Waals surface area contributed by atoms with Crippen molar-refractivity contribution in [3.8, 4) is 33.9 Å². The highest BCUT2D eigenvalue weighted by Gasteiger charge is 2.29. The molecule has 1 aliphatic carbocycles. The van der Waals surface area contributed by atoms with Gasteiger partial charge in [-0.2, -0.15) is 5.10 Å². The second-order valence-corrected chi connectivity index (χ2v) is 9.17. The number of aromatic nitrogens is 6. The first-order valence-corrected chi connectivity index (χ1v) is 12.0. The molecule has 5 heterocycles. The highest BCUT2D eigenvalue weighted by molar-refractivity contribution is 5.99. The van der Waals surface area contributed by atoms with E-state index in [0.29, 0.717) is 33.8 Å². The standard InChI is InChI=1S/C28H20FN7O/c29-20-4-2-1-3-18(20)25-19-12-24(33-22(19)9-10-31-25)27-26-23(35-36-27)8-7-21(34-26)16-11-17(14-30-13-16)32-28(37)15-5-6-15/h1-4,7-15,33H,5-6H2,(H,32,37)(H,35,36). The molecule has 0 atom stereocenters. The molecule has 5 aromatic heterocycles. The first-order valence-electron chi connectivity index (χ1n) is 12.0. The quantitative estimate of drug-likeness (QED) is 0.287. The van der Waals surface area contributed by atoms with E-state index in [4.69, 9.17) is 4.98 Å². The average molecular weight is 490 g/mol. The van der Waals surface area contributed by atoms with Crippen molar-refractivity contribution in [3.05, 3.63) is 79.0 Å². The number of nitrogens with one attached hydrogen (secondary N) is 3. The molecule has 1 aromatic carbocycles. The molecule has 180 valence electrons. The van der Waals surface area contributed by atoms with Gasteiger partial charge in [-0.25, -0.2) is 9.37 Å². The van der Waals surface area contributed by atoms with Crippen LogP contribution in [-0.2, 0) is 4.79 Å². The second kappa shape index (κ2) is 8.34. The number of hydrogen-bond acceptors (Lipinski definition) is 5. The zero-order valence-corrected chi connectivity index (χ0v) is 19.5. The number of aromatic amines is 2. The largest absolute Gasteiger partial charge is 0.353 e. The average Bonchev–Trinajstić information content (AvgIpc) is 3.55. The number of halogens is 1. The van der Waals surface area contributed by atoms with Crippen LogP contribution in [0.2, 0.25) is 0 Å². The maximum Gasteiger partial charge on any atom is 0.227 e. The maximum atomic E-state index is 14.5. The Bertz CT molecular complexity index is 1820. The summed E-state index contributed by atoms with van der Waals surface area (Å²) in [5.74, 6) is -0.189. The van der Waals surface area contributed by atoms with E-state index in [2.05, 4.69) is 30.5 Å². The van der Waals surface area contributed by atoms with Crippen LogP contribution >= 0.6 is 0 Å². The van der Waals surface area contributed by atoms with Crippen LogP contribution in [0, 0.1) is 11.7 Å². The van der Waals surface area contributed by atoms with Crippen molar-refractivity contribution >= 4 is 33.5 Å². The Morgan fingerprint density at radius 3 is 2.76 bits per heavy atom. The molecule has 0 radical (unpaired) electrons. The molecule has 8 nitrogen and oxygen atoms in total. The minimum atomic E-state index is -0.328. The lowest BCUT2D eigenvalue weighted by molar-refractivity contribution is -0.117. The first-order chi connectivity index (χ1) is 18.1. The lowest BCUT2D eigenvalue weighted by Gasteiger charge is -2.06. The normalized spacial score (nSPS) is 13.3. The van der Waals surface area contributed by atoms with Crippen LogP contribution in [-0.4, -0.2) is 36.0 Å². The van der Waals surface area contributed by atoms with Gasteiger partial charge in [0, 0.05) is 40.3 Å². The third-order valence-corrected chi connectivity index (χ3v) is 6.59. The Morgan fingerprint density at radius 1 is 1.00 bits per heavy atom. The molecule has 0 aliphatic heterocycles. The number of amides is 1. The van der Waals surface area contributed by atoms with Crippen molar-refractivity contribution in [2.24, 2.45) is 5.92 Å². The lowest BCUT2D eigenvalue weighted by Crippen LogP contribution is -2.13. The number of anilines is 1. The number of nitrogens with zero attached hydrogens (tertiary/aromatic N) is 4. The van der Waals surface area contributed by atoms with Crippen LogP contribution in [0.15, 0.2) is 73.2 Å². The fourth-order valence-corrected chi connectivity index (χ4v) is 4.54. The van der Waals surface area contributed by atoms with E-state index in [1.807, 2.05) is 30.3 Å². The number of carbonyl (C=O) groups excluding carboxylic acids is 1. The molecule has 1 fully saturated rings. The van der Waals surface area contributed by atoms with E-state index in [0.717, 1.165) is 40.5 Å². The van der Waals surface area contributed by atoms with Crippen molar-refractivity contribution in [2.45, 2.75) is 12.8 Å². The molecule has 0 spiro atoms. The van der Waals surface area contributed by atoms with Crippen molar-refractivity contribution < 1.29 is 9.18 Å². The summed E-state index contributed by atoms with van der Waals surface area (Å²) in [6.45, 7) is 0. The van der Waals surface area contributed by atoms with Gasteiger partial charge in [0.2, 0.25) is 5.91 Å². The van der Waals surface area contributed by atoms with E-state index >= 15 is 0 Å². The minimum absolute atomic E-state index is 0.0301. The smallest absolute Gasteiger partial charge is 0.227 e. The molecule has 1 amide bonds. The van der Waals surface area contributed by atoms with E-state index < -0.39 is 0 Å². The van der Waals surface area contributed by atoms with Crippen molar-refractivity contribution in [3.63, 3.8) is 0 Å². The molecule has 3 N–H and O–H groups in total. The van der Waals surface area contributed by atoms with Gasteiger partial charge in [-0.15, -0.1) is 0 Å². The predicted molar refractivity (Wildman–Crippen MR) is 139 cm³/mol. The van der Waals surface area contributed by atoms with Crippen LogP contribution in [0.5, 0.6) is 0 Å².